The highest BCUT2D eigenvalue weighted by Gasteiger charge is 2.32. The Morgan fingerprint density at radius 1 is 0.898 bits per heavy atom. The summed E-state index contributed by atoms with van der Waals surface area (Å²) in [5, 5.41) is 3.38. The monoisotopic (exact) mass is 874 g/mol. The number of nitrogens with one attached hydrogen (secondary N) is 1. The SMILES string of the molecule is CC(=O)OCC(COC(C)=O)COC(=O)OC(C)OC(=O)[C@H](Cc1cccc(S(C)(=O)=O)c1)NC(=O)c1c(Cl)cc2c(c1Cl)CCN(C(=O)c1ccc3ccoc3c1)C2. The molecule has 2 heterocycles. The molecule has 314 valence electrons. The van der Waals surface area contributed by atoms with E-state index in [1.807, 2.05) is 0 Å². The van der Waals surface area contributed by atoms with Crippen molar-refractivity contribution in [3.63, 3.8) is 0 Å². The summed E-state index contributed by atoms with van der Waals surface area (Å²) in [6.07, 6.45) is -0.297. The van der Waals surface area contributed by atoms with Crippen LogP contribution in [0.2, 0.25) is 10.0 Å². The first-order valence-corrected chi connectivity index (χ1v) is 20.7. The van der Waals surface area contributed by atoms with Crippen LogP contribution in [0.5, 0.6) is 0 Å². The molecular formula is C40H40Cl2N2O14S. The van der Waals surface area contributed by atoms with Crippen LogP contribution < -0.4 is 5.32 Å². The zero-order valence-corrected chi connectivity index (χ0v) is 34.6. The Morgan fingerprint density at radius 3 is 2.27 bits per heavy atom. The molecule has 19 heteroatoms. The fraction of sp³-hybridized carbons (Fsp3) is 0.350. The number of ether oxygens (including phenoxy) is 5. The Hall–Kier alpha value is -5.65. The number of carbonyl (C=O) groups is 6. The standard InChI is InChI=1S/C40H40Cl2N2O14S/c1-22(45)54-19-26(20-55-23(2)46)21-56-40(50)58-24(3)57-39(49)33(15-25-6-5-7-30(14-25)59(4,51)52)43-37(47)35-32(41)16-29-18-44(12-10-31(29)36(35)42)38(48)28-9-8-27-11-13-53-34(27)17-28/h5-9,11,13-14,16-17,24,26,33H,10,12,15,18-21H2,1-4H3,(H,43,47)/t24?,33-/m0/s1. The van der Waals surface area contributed by atoms with E-state index >= 15 is 0 Å². The van der Waals surface area contributed by atoms with Crippen molar-refractivity contribution in [2.45, 2.75) is 57.4 Å². The third-order valence-electron chi connectivity index (χ3n) is 9.00. The lowest BCUT2D eigenvalue weighted by Crippen LogP contribution is -2.45. The van der Waals surface area contributed by atoms with Gasteiger partial charge in [-0.25, -0.2) is 18.0 Å². The van der Waals surface area contributed by atoms with Crippen LogP contribution in [0.15, 0.2) is 70.2 Å². The molecule has 4 aromatic rings. The lowest BCUT2D eigenvalue weighted by molar-refractivity contribution is -0.170. The minimum atomic E-state index is -3.65. The molecule has 59 heavy (non-hydrogen) atoms. The Bertz CT molecular complexity index is 2360. The average molecular weight is 876 g/mol. The van der Waals surface area contributed by atoms with Gasteiger partial charge in [0.05, 0.1) is 32.7 Å². The van der Waals surface area contributed by atoms with Crippen LogP contribution in [-0.4, -0.2) is 94.1 Å². The molecule has 2 amide bonds. The fourth-order valence-corrected chi connectivity index (χ4v) is 7.56. The lowest BCUT2D eigenvalue weighted by atomic mass is 9.95. The van der Waals surface area contributed by atoms with Gasteiger partial charge in [0.1, 0.15) is 31.4 Å². The van der Waals surface area contributed by atoms with E-state index in [-0.39, 0.29) is 65.6 Å². The molecule has 5 rings (SSSR count). The first-order chi connectivity index (χ1) is 27.9. The van der Waals surface area contributed by atoms with E-state index in [4.69, 9.17) is 51.3 Å². The molecule has 0 saturated heterocycles. The number of hydrogen-bond donors (Lipinski definition) is 1. The first kappa shape index (κ1) is 44.5. The van der Waals surface area contributed by atoms with E-state index in [0.717, 1.165) is 11.6 Å². The second-order valence-electron chi connectivity index (χ2n) is 13.6. The van der Waals surface area contributed by atoms with E-state index in [1.54, 1.807) is 35.2 Å². The average Bonchev–Trinajstić information content (AvgIpc) is 3.64. The summed E-state index contributed by atoms with van der Waals surface area (Å²) < 4.78 is 55.3. The van der Waals surface area contributed by atoms with Gasteiger partial charge < -0.3 is 38.3 Å². The number of fused-ring (bicyclic) bond motifs is 2. The maximum atomic E-state index is 13.9. The van der Waals surface area contributed by atoms with Crippen molar-refractivity contribution in [2.75, 3.05) is 32.6 Å². The van der Waals surface area contributed by atoms with E-state index < -0.39 is 64.7 Å². The largest absolute Gasteiger partial charge is 0.511 e. The quantitative estimate of drug-likeness (QED) is 0.0893. The normalized spacial score (nSPS) is 13.5. The van der Waals surface area contributed by atoms with Gasteiger partial charge in [-0.2, -0.15) is 0 Å². The van der Waals surface area contributed by atoms with Gasteiger partial charge in [0.25, 0.3) is 11.8 Å². The highest BCUT2D eigenvalue weighted by molar-refractivity contribution is 7.90. The summed E-state index contributed by atoms with van der Waals surface area (Å²) in [4.78, 5) is 77.6. The number of benzene rings is 3. The van der Waals surface area contributed by atoms with E-state index in [0.29, 0.717) is 27.8 Å². The molecule has 1 aliphatic rings. The molecule has 0 fully saturated rings. The number of hydrogen-bond acceptors (Lipinski definition) is 14. The van der Waals surface area contributed by atoms with Crippen molar-refractivity contribution in [3.05, 3.63) is 98.7 Å². The highest BCUT2D eigenvalue weighted by Crippen LogP contribution is 2.35. The molecule has 0 aliphatic carbocycles. The second kappa shape index (κ2) is 19.4. The van der Waals surface area contributed by atoms with Crippen LogP contribution in [0.1, 0.15) is 58.2 Å². The molecule has 0 radical (unpaired) electrons. The third kappa shape index (κ3) is 12.0. The van der Waals surface area contributed by atoms with E-state index in [9.17, 15) is 37.2 Å². The fourth-order valence-electron chi connectivity index (χ4n) is 6.11. The topological polar surface area (TPSA) is 211 Å². The lowest BCUT2D eigenvalue weighted by Gasteiger charge is -2.30. The number of esters is 3. The van der Waals surface area contributed by atoms with E-state index in [2.05, 4.69) is 5.32 Å². The third-order valence-corrected chi connectivity index (χ3v) is 10.8. The number of carbonyl (C=O) groups excluding carboxylic acids is 6. The Kier molecular flexibility index (Phi) is 14.6. The van der Waals surface area contributed by atoms with Crippen molar-refractivity contribution < 1.29 is 65.3 Å². The number of amides is 2. The second-order valence-corrected chi connectivity index (χ2v) is 16.4. The molecule has 1 aliphatic heterocycles. The Balaban J connectivity index is 1.30. The summed E-state index contributed by atoms with van der Waals surface area (Å²) >= 11 is 13.5. The Morgan fingerprint density at radius 2 is 1.59 bits per heavy atom. The zero-order chi connectivity index (χ0) is 43.0. The number of furan rings is 1. The molecule has 2 atom stereocenters. The van der Waals surface area contributed by atoms with Crippen LogP contribution in [0.3, 0.4) is 0 Å². The van der Waals surface area contributed by atoms with Gasteiger partial charge in [-0.05, 0) is 59.5 Å². The summed E-state index contributed by atoms with van der Waals surface area (Å²) in [7, 11) is -3.65. The van der Waals surface area contributed by atoms with E-state index in [1.165, 1.54) is 51.3 Å². The van der Waals surface area contributed by atoms with Crippen LogP contribution in [0.4, 0.5) is 4.79 Å². The van der Waals surface area contributed by atoms with Crippen LogP contribution in [0, 0.1) is 5.92 Å². The summed E-state index contributed by atoms with van der Waals surface area (Å²) in [5.74, 6) is -4.14. The van der Waals surface area contributed by atoms with Crippen LogP contribution >= 0.6 is 23.2 Å². The molecule has 0 bridgehead atoms. The highest BCUT2D eigenvalue weighted by atomic mass is 35.5. The molecule has 1 N–H and O–H groups in total. The van der Waals surface area contributed by atoms with Crippen LogP contribution in [0.25, 0.3) is 11.0 Å². The molecule has 3 aromatic carbocycles. The van der Waals surface area contributed by atoms with Crippen molar-refractivity contribution in [1.29, 1.82) is 0 Å². The molecule has 0 spiro atoms. The van der Waals surface area contributed by atoms with Gasteiger partial charge in [0.2, 0.25) is 6.29 Å². The number of sulfone groups is 1. The van der Waals surface area contributed by atoms with Crippen molar-refractivity contribution >= 4 is 79.9 Å². The van der Waals surface area contributed by atoms with Gasteiger partial charge in [-0.1, -0.05) is 41.4 Å². The van der Waals surface area contributed by atoms with Gasteiger partial charge in [-0.15, -0.1) is 0 Å². The predicted molar refractivity (Wildman–Crippen MR) is 210 cm³/mol. The minimum absolute atomic E-state index is 0.0143. The molecule has 16 nitrogen and oxygen atoms in total. The minimum Gasteiger partial charge on any atom is -0.465 e. The summed E-state index contributed by atoms with van der Waals surface area (Å²) in [6.45, 7) is 3.11. The maximum Gasteiger partial charge on any atom is 0.511 e. The summed E-state index contributed by atoms with van der Waals surface area (Å²) in [5.41, 5.74) is 2.38. The molecule has 1 aromatic heterocycles. The molecular weight excluding hydrogens is 835 g/mol. The van der Waals surface area contributed by atoms with Gasteiger partial charge in [0, 0.05) is 57.5 Å². The maximum absolute atomic E-state index is 13.9. The van der Waals surface area contributed by atoms with Crippen molar-refractivity contribution in [3.8, 4) is 0 Å². The number of halogens is 2. The number of rotatable bonds is 15. The molecule has 0 saturated carbocycles. The van der Waals surface area contributed by atoms with Gasteiger partial charge in [-0.3, -0.25) is 19.2 Å². The smallest absolute Gasteiger partial charge is 0.465 e. The summed E-state index contributed by atoms with van der Waals surface area (Å²) in [6, 6.07) is 12.7. The van der Waals surface area contributed by atoms with Crippen LogP contribution in [-0.2, 0) is 67.3 Å². The van der Waals surface area contributed by atoms with Gasteiger partial charge >= 0.3 is 24.1 Å². The van der Waals surface area contributed by atoms with Crippen molar-refractivity contribution in [1.82, 2.24) is 10.2 Å². The molecule has 1 unspecified atom stereocenters. The zero-order valence-electron chi connectivity index (χ0n) is 32.3. The first-order valence-electron chi connectivity index (χ1n) is 18.1. The Labute approximate surface area is 348 Å². The van der Waals surface area contributed by atoms with Gasteiger partial charge in [0.15, 0.2) is 9.84 Å². The van der Waals surface area contributed by atoms with Crippen molar-refractivity contribution in [2.24, 2.45) is 5.92 Å². The number of nitrogens with zero attached hydrogens (tertiary/aromatic N) is 1. The predicted octanol–water partition coefficient (Wildman–Crippen LogP) is 5.47.